The molecule has 0 aromatic carbocycles. The highest BCUT2D eigenvalue weighted by Crippen LogP contribution is 2.25. The summed E-state index contributed by atoms with van der Waals surface area (Å²) < 4.78 is 26.5. The molecular formula is C16H27N3O3S. The van der Waals surface area contributed by atoms with Crippen molar-refractivity contribution in [2.45, 2.75) is 51.3 Å². The summed E-state index contributed by atoms with van der Waals surface area (Å²) in [5.41, 5.74) is 0.916. The molecule has 1 fully saturated rings. The van der Waals surface area contributed by atoms with E-state index in [2.05, 4.69) is 5.10 Å². The first-order valence-corrected chi connectivity index (χ1v) is 9.96. The quantitative estimate of drug-likeness (QED) is 0.757. The Morgan fingerprint density at radius 1 is 1.39 bits per heavy atom. The van der Waals surface area contributed by atoms with Crippen LogP contribution in [0.1, 0.15) is 45.1 Å². The molecule has 0 unspecified atom stereocenters. The minimum Gasteiger partial charge on any atom is -0.337 e. The van der Waals surface area contributed by atoms with E-state index >= 15 is 0 Å². The van der Waals surface area contributed by atoms with Gasteiger partial charge in [-0.25, -0.2) is 8.42 Å². The van der Waals surface area contributed by atoms with Gasteiger partial charge in [-0.3, -0.25) is 9.48 Å². The van der Waals surface area contributed by atoms with Crippen LogP contribution in [0.2, 0.25) is 0 Å². The molecule has 0 radical (unpaired) electrons. The van der Waals surface area contributed by atoms with Gasteiger partial charge in [0.25, 0.3) is 0 Å². The molecular weight excluding hydrogens is 314 g/mol. The predicted octanol–water partition coefficient (Wildman–Crippen LogP) is 1.76. The van der Waals surface area contributed by atoms with Crippen molar-refractivity contribution in [3.8, 4) is 0 Å². The van der Waals surface area contributed by atoms with Crippen LogP contribution in [0.15, 0.2) is 12.4 Å². The van der Waals surface area contributed by atoms with Gasteiger partial charge in [0.1, 0.15) is 5.75 Å². The molecule has 0 aliphatic heterocycles. The molecule has 0 spiro atoms. The van der Waals surface area contributed by atoms with E-state index in [4.69, 9.17) is 0 Å². The summed E-state index contributed by atoms with van der Waals surface area (Å²) in [6.45, 7) is 5.00. The zero-order valence-electron chi connectivity index (χ0n) is 14.2. The van der Waals surface area contributed by atoms with Gasteiger partial charge in [-0.2, -0.15) is 5.10 Å². The number of hydrogen-bond donors (Lipinski definition) is 0. The molecule has 0 bridgehead atoms. The van der Waals surface area contributed by atoms with Crippen LogP contribution in [-0.2, 0) is 28.2 Å². The third kappa shape index (κ3) is 5.06. The third-order valence-electron chi connectivity index (χ3n) is 4.20. The lowest BCUT2D eigenvalue weighted by Crippen LogP contribution is -2.39. The molecule has 2 rings (SSSR count). The van der Waals surface area contributed by atoms with Crippen LogP contribution in [0.25, 0.3) is 0 Å². The normalized spacial score (nSPS) is 16.2. The minimum atomic E-state index is -3.34. The zero-order chi connectivity index (χ0) is 17.0. The number of aryl methyl sites for hydroxylation is 1. The average molecular weight is 341 g/mol. The number of nitrogens with zero attached hydrogens (tertiary/aromatic N) is 3. The monoisotopic (exact) mass is 341 g/mol. The molecule has 1 amide bonds. The second kappa shape index (κ2) is 7.47. The Labute approximate surface area is 138 Å². The first kappa shape index (κ1) is 18.0. The molecule has 1 aromatic rings. The predicted molar refractivity (Wildman–Crippen MR) is 89.5 cm³/mol. The Balaban J connectivity index is 2.06. The number of carbonyl (C=O) groups excluding carboxylic acids is 1. The average Bonchev–Trinajstić information content (AvgIpc) is 3.08. The van der Waals surface area contributed by atoms with Gasteiger partial charge >= 0.3 is 0 Å². The second-order valence-corrected chi connectivity index (χ2v) is 9.19. The van der Waals surface area contributed by atoms with Crippen molar-refractivity contribution in [3.05, 3.63) is 18.0 Å². The summed E-state index contributed by atoms with van der Waals surface area (Å²) in [4.78, 5) is 14.2. The number of aromatic nitrogens is 2. The van der Waals surface area contributed by atoms with Crippen molar-refractivity contribution in [2.75, 3.05) is 12.3 Å². The van der Waals surface area contributed by atoms with Gasteiger partial charge in [-0.15, -0.1) is 0 Å². The Morgan fingerprint density at radius 3 is 2.57 bits per heavy atom. The molecule has 1 saturated carbocycles. The van der Waals surface area contributed by atoms with E-state index in [9.17, 15) is 13.2 Å². The summed E-state index contributed by atoms with van der Waals surface area (Å²) >= 11 is 0. The van der Waals surface area contributed by atoms with Gasteiger partial charge in [0.2, 0.25) is 5.91 Å². The fourth-order valence-corrected chi connectivity index (χ4v) is 4.91. The van der Waals surface area contributed by atoms with Crippen LogP contribution in [0, 0.1) is 5.92 Å². The first-order valence-electron chi connectivity index (χ1n) is 8.25. The van der Waals surface area contributed by atoms with E-state index in [1.54, 1.807) is 15.8 Å². The Bertz CT molecular complexity index is 631. The summed E-state index contributed by atoms with van der Waals surface area (Å²) in [7, 11) is -1.52. The highest BCUT2D eigenvalue weighted by molar-refractivity contribution is 7.92. The number of rotatable bonds is 7. The SMILES string of the molecule is CC(C)CN(Cc1cnn(C)c1)C(=O)CS(=O)(=O)C1CCCC1. The Hall–Kier alpha value is -1.37. The van der Waals surface area contributed by atoms with Gasteiger partial charge < -0.3 is 4.90 Å². The molecule has 23 heavy (non-hydrogen) atoms. The van der Waals surface area contributed by atoms with Crippen molar-refractivity contribution in [2.24, 2.45) is 13.0 Å². The summed E-state index contributed by atoms with van der Waals surface area (Å²) in [6.07, 6.45) is 6.86. The Kier molecular flexibility index (Phi) is 5.84. The number of hydrogen-bond acceptors (Lipinski definition) is 4. The molecule has 1 aliphatic rings. The van der Waals surface area contributed by atoms with Gasteiger partial charge in [0.05, 0.1) is 11.4 Å². The highest BCUT2D eigenvalue weighted by atomic mass is 32.2. The fourth-order valence-electron chi connectivity index (χ4n) is 3.10. The first-order chi connectivity index (χ1) is 10.8. The molecule has 6 nitrogen and oxygen atoms in total. The molecule has 1 aromatic heterocycles. The lowest BCUT2D eigenvalue weighted by molar-refractivity contribution is -0.129. The van der Waals surface area contributed by atoms with E-state index in [-0.39, 0.29) is 22.8 Å². The maximum absolute atomic E-state index is 12.6. The fraction of sp³-hybridized carbons (Fsp3) is 0.750. The third-order valence-corrected chi connectivity index (χ3v) is 6.34. The molecule has 1 aliphatic carbocycles. The van der Waals surface area contributed by atoms with Crippen molar-refractivity contribution >= 4 is 15.7 Å². The maximum atomic E-state index is 12.6. The van der Waals surface area contributed by atoms with Crippen LogP contribution < -0.4 is 0 Å². The van der Waals surface area contributed by atoms with E-state index in [1.807, 2.05) is 27.1 Å². The van der Waals surface area contributed by atoms with Gasteiger partial charge in [0, 0.05) is 31.9 Å². The van der Waals surface area contributed by atoms with Gasteiger partial charge in [-0.1, -0.05) is 26.7 Å². The Morgan fingerprint density at radius 2 is 2.04 bits per heavy atom. The van der Waals surface area contributed by atoms with Crippen molar-refractivity contribution in [1.29, 1.82) is 0 Å². The lowest BCUT2D eigenvalue weighted by atomic mass is 10.2. The molecule has 1 heterocycles. The standard InChI is InChI=1S/C16H27N3O3S/c1-13(2)9-19(11-14-8-17-18(3)10-14)16(20)12-23(21,22)15-6-4-5-7-15/h8,10,13,15H,4-7,9,11-12H2,1-3H3. The summed E-state index contributed by atoms with van der Waals surface area (Å²) in [6, 6.07) is 0. The largest absolute Gasteiger partial charge is 0.337 e. The molecule has 7 heteroatoms. The van der Waals surface area contributed by atoms with Gasteiger partial charge in [-0.05, 0) is 18.8 Å². The van der Waals surface area contributed by atoms with E-state index < -0.39 is 9.84 Å². The van der Waals surface area contributed by atoms with Crippen molar-refractivity contribution in [3.63, 3.8) is 0 Å². The van der Waals surface area contributed by atoms with Gasteiger partial charge in [0.15, 0.2) is 9.84 Å². The maximum Gasteiger partial charge on any atom is 0.238 e. The molecule has 130 valence electrons. The molecule has 0 saturated heterocycles. The molecule has 0 N–H and O–H groups in total. The minimum absolute atomic E-state index is 0.282. The van der Waals surface area contributed by atoms with E-state index in [1.165, 1.54) is 0 Å². The van der Waals surface area contributed by atoms with Crippen LogP contribution in [0.5, 0.6) is 0 Å². The smallest absolute Gasteiger partial charge is 0.238 e. The van der Waals surface area contributed by atoms with Crippen LogP contribution in [0.4, 0.5) is 0 Å². The lowest BCUT2D eigenvalue weighted by Gasteiger charge is -2.24. The second-order valence-electron chi connectivity index (χ2n) is 6.90. The molecule has 0 atom stereocenters. The summed E-state index contributed by atoms with van der Waals surface area (Å²) in [5, 5.41) is 3.78. The highest BCUT2D eigenvalue weighted by Gasteiger charge is 2.32. The van der Waals surface area contributed by atoms with E-state index in [0.29, 0.717) is 25.9 Å². The van der Waals surface area contributed by atoms with E-state index in [0.717, 1.165) is 18.4 Å². The number of carbonyl (C=O) groups is 1. The number of amides is 1. The van der Waals surface area contributed by atoms with Crippen molar-refractivity contribution in [1.82, 2.24) is 14.7 Å². The van der Waals surface area contributed by atoms with Crippen molar-refractivity contribution < 1.29 is 13.2 Å². The number of sulfone groups is 1. The van der Waals surface area contributed by atoms with Crippen LogP contribution in [-0.4, -0.2) is 46.6 Å². The summed E-state index contributed by atoms with van der Waals surface area (Å²) in [5.74, 6) is -0.385. The topological polar surface area (TPSA) is 72.3 Å². The zero-order valence-corrected chi connectivity index (χ0v) is 15.1. The van der Waals surface area contributed by atoms with Crippen LogP contribution >= 0.6 is 0 Å². The van der Waals surface area contributed by atoms with Crippen LogP contribution in [0.3, 0.4) is 0 Å².